The topological polar surface area (TPSA) is 112 Å². The third kappa shape index (κ3) is 6.28. The fourth-order valence-corrected chi connectivity index (χ4v) is 4.34. The molecule has 1 aliphatic heterocycles. The van der Waals surface area contributed by atoms with Gasteiger partial charge in [-0.3, -0.25) is 24.7 Å². The monoisotopic (exact) mass is 537 g/mol. The first-order valence-electron chi connectivity index (χ1n) is 12.9. The number of hydrogen-bond acceptors (Lipinski definition) is 7. The van der Waals surface area contributed by atoms with Crippen LogP contribution in [0.3, 0.4) is 0 Å². The van der Waals surface area contributed by atoms with E-state index in [2.05, 4.69) is 10.5 Å². The van der Waals surface area contributed by atoms with Crippen molar-refractivity contribution >= 4 is 22.7 Å². The highest BCUT2D eigenvalue weighted by molar-refractivity contribution is 5.93. The second-order valence-corrected chi connectivity index (χ2v) is 9.08. The zero-order chi connectivity index (χ0) is 27.9. The molecule has 0 aliphatic carbocycles. The Kier molecular flexibility index (Phi) is 8.98. The Morgan fingerprint density at radius 2 is 2.10 bits per heavy atom. The number of carboxylic acids is 1. The lowest BCUT2D eigenvalue weighted by Gasteiger charge is -2.28. The predicted molar refractivity (Wildman–Crippen MR) is 146 cm³/mol. The Balaban J connectivity index is 1.90. The van der Waals surface area contributed by atoms with Crippen molar-refractivity contribution in [2.45, 2.75) is 59.0 Å². The summed E-state index contributed by atoms with van der Waals surface area (Å²) >= 11 is 0. The van der Waals surface area contributed by atoms with E-state index in [0.29, 0.717) is 29.4 Å². The quantitative estimate of drug-likeness (QED) is 0.246. The molecule has 4 rings (SSSR count). The van der Waals surface area contributed by atoms with Gasteiger partial charge < -0.3 is 14.6 Å². The molecule has 2 unspecified atom stereocenters. The maximum Gasteiger partial charge on any atom is 0.346 e. The minimum atomic E-state index is -1.30. The van der Waals surface area contributed by atoms with E-state index < -0.39 is 23.8 Å². The van der Waals surface area contributed by atoms with Crippen LogP contribution in [0.25, 0.3) is 11.0 Å². The van der Waals surface area contributed by atoms with Crippen molar-refractivity contribution in [3.8, 4) is 11.5 Å². The smallest absolute Gasteiger partial charge is 0.346 e. The first-order chi connectivity index (χ1) is 18.8. The van der Waals surface area contributed by atoms with Gasteiger partial charge in [0, 0.05) is 18.2 Å². The molecule has 0 bridgehead atoms. The number of halogens is 1. The van der Waals surface area contributed by atoms with Gasteiger partial charge in [0.05, 0.1) is 13.2 Å². The second kappa shape index (κ2) is 12.6. The molecule has 0 saturated carbocycles. The maximum absolute atomic E-state index is 13.7. The molecule has 9 nitrogen and oxygen atoms in total. The molecule has 206 valence electrons. The maximum atomic E-state index is 13.7. The number of rotatable bonds is 12. The standard InChI is InChI=1S/C29H32FN3O6/c1-4-9-19(13-12-18(3)30)14-21-15-31-23-25-26(21)39-22(29(35)36)16-33(25)28(34)24(32-38-5-2)27(23)37-17-20-10-7-6-8-11-20/h6-13,15,18,22,32H,4-5,14,16-17H2,1-3H3,(H,35,36)/b13-12-,19-9+. The lowest BCUT2D eigenvalue weighted by Crippen LogP contribution is -2.40. The summed E-state index contributed by atoms with van der Waals surface area (Å²) in [6.45, 7) is 5.37. The Morgan fingerprint density at radius 1 is 1.33 bits per heavy atom. The summed E-state index contributed by atoms with van der Waals surface area (Å²) in [4.78, 5) is 35.7. The summed E-state index contributed by atoms with van der Waals surface area (Å²) < 4.78 is 27.0. The molecule has 0 spiro atoms. The largest absolute Gasteiger partial charge is 0.484 e. The van der Waals surface area contributed by atoms with Gasteiger partial charge in [-0.1, -0.05) is 55.5 Å². The summed E-state index contributed by atoms with van der Waals surface area (Å²) in [5.74, 6) is -0.807. The number of carboxylic acid groups (broad SMARTS) is 1. The second-order valence-electron chi connectivity index (χ2n) is 9.08. The molecule has 1 aromatic carbocycles. The van der Waals surface area contributed by atoms with Crippen LogP contribution in [0.2, 0.25) is 0 Å². The lowest BCUT2D eigenvalue weighted by molar-refractivity contribution is -0.146. The number of alkyl halides is 1. The number of aromatic nitrogens is 2. The van der Waals surface area contributed by atoms with Gasteiger partial charge in [-0.15, -0.1) is 0 Å². The average molecular weight is 538 g/mol. The van der Waals surface area contributed by atoms with Crippen LogP contribution in [0.5, 0.6) is 11.5 Å². The van der Waals surface area contributed by atoms with Crippen LogP contribution in [0, 0.1) is 0 Å². The summed E-state index contributed by atoms with van der Waals surface area (Å²) in [5, 5.41) is 9.80. The normalized spacial score (nSPS) is 15.8. The Hall–Kier alpha value is -4.18. The summed E-state index contributed by atoms with van der Waals surface area (Å²) in [5.41, 5.74) is 5.08. The van der Waals surface area contributed by atoms with E-state index >= 15 is 0 Å². The number of pyridine rings is 2. The van der Waals surface area contributed by atoms with E-state index in [1.807, 2.05) is 43.3 Å². The fourth-order valence-electron chi connectivity index (χ4n) is 4.34. The highest BCUT2D eigenvalue weighted by Crippen LogP contribution is 2.40. The van der Waals surface area contributed by atoms with Gasteiger partial charge in [0.2, 0.25) is 6.10 Å². The Labute approximate surface area is 225 Å². The number of ether oxygens (including phenoxy) is 2. The van der Waals surface area contributed by atoms with E-state index in [1.165, 1.54) is 17.6 Å². The molecule has 39 heavy (non-hydrogen) atoms. The summed E-state index contributed by atoms with van der Waals surface area (Å²) in [6.07, 6.45) is 5.25. The fraction of sp³-hybridized carbons (Fsp3) is 0.345. The van der Waals surface area contributed by atoms with Crippen LogP contribution in [0.15, 0.2) is 65.1 Å². The van der Waals surface area contributed by atoms with Crippen molar-refractivity contribution < 1.29 is 28.6 Å². The molecule has 2 aromatic heterocycles. The lowest BCUT2D eigenvalue weighted by atomic mass is 10.0. The minimum absolute atomic E-state index is 0.0176. The number of benzene rings is 1. The molecular formula is C29H32FN3O6. The summed E-state index contributed by atoms with van der Waals surface area (Å²) in [6, 6.07) is 9.45. The Morgan fingerprint density at radius 3 is 2.77 bits per heavy atom. The number of hydrogen-bond donors (Lipinski definition) is 2. The first kappa shape index (κ1) is 27.8. The number of aliphatic carboxylic acids is 1. The van der Waals surface area contributed by atoms with Gasteiger partial charge in [0.1, 0.15) is 23.8 Å². The highest BCUT2D eigenvalue weighted by Gasteiger charge is 2.33. The molecule has 0 amide bonds. The Bertz CT molecular complexity index is 1450. The van der Waals surface area contributed by atoms with Crippen LogP contribution in [-0.4, -0.2) is 39.5 Å². The van der Waals surface area contributed by atoms with E-state index in [-0.39, 0.29) is 36.9 Å². The zero-order valence-electron chi connectivity index (χ0n) is 22.1. The van der Waals surface area contributed by atoms with Crippen molar-refractivity contribution in [3.05, 3.63) is 81.8 Å². The summed E-state index contributed by atoms with van der Waals surface area (Å²) in [7, 11) is 0. The molecule has 10 heteroatoms. The first-order valence-corrected chi connectivity index (χ1v) is 12.9. The van der Waals surface area contributed by atoms with Crippen LogP contribution in [-0.2, 0) is 29.2 Å². The van der Waals surface area contributed by atoms with Crippen molar-refractivity contribution in [3.63, 3.8) is 0 Å². The van der Waals surface area contributed by atoms with E-state index in [9.17, 15) is 19.1 Å². The number of allylic oxidation sites excluding steroid dienone is 4. The average Bonchev–Trinajstić information content (AvgIpc) is 2.93. The molecule has 0 saturated heterocycles. The van der Waals surface area contributed by atoms with Gasteiger partial charge in [0.15, 0.2) is 17.2 Å². The third-order valence-corrected chi connectivity index (χ3v) is 6.12. The molecule has 3 heterocycles. The minimum Gasteiger partial charge on any atom is -0.484 e. The van der Waals surface area contributed by atoms with Crippen molar-refractivity contribution in [2.24, 2.45) is 0 Å². The molecule has 2 N–H and O–H groups in total. The molecule has 3 aromatic rings. The van der Waals surface area contributed by atoms with Crippen LogP contribution in [0.4, 0.5) is 10.1 Å². The van der Waals surface area contributed by atoms with E-state index in [0.717, 1.165) is 11.1 Å². The van der Waals surface area contributed by atoms with Crippen LogP contribution >= 0.6 is 0 Å². The molecule has 2 atom stereocenters. The van der Waals surface area contributed by atoms with Gasteiger partial charge in [-0.2, -0.15) is 0 Å². The van der Waals surface area contributed by atoms with E-state index in [4.69, 9.17) is 14.3 Å². The molecular weight excluding hydrogens is 505 g/mol. The van der Waals surface area contributed by atoms with Crippen LogP contribution in [0.1, 0.15) is 38.3 Å². The van der Waals surface area contributed by atoms with Gasteiger partial charge >= 0.3 is 5.97 Å². The van der Waals surface area contributed by atoms with E-state index in [1.54, 1.807) is 19.2 Å². The van der Waals surface area contributed by atoms with Crippen LogP contribution < -0.4 is 20.5 Å². The molecule has 0 fully saturated rings. The van der Waals surface area contributed by atoms with Crippen molar-refractivity contribution in [2.75, 3.05) is 12.1 Å². The number of nitrogens with zero attached hydrogens (tertiary/aromatic N) is 2. The van der Waals surface area contributed by atoms with Gasteiger partial charge in [-0.25, -0.2) is 9.18 Å². The SMILES string of the molecule is CC/C=C(\C=C/C(C)F)Cc1cnc2c(OCc3ccccc3)c(NOCC)c(=O)n3c2c1OC(C(=O)O)C3. The number of carbonyl (C=O) groups is 1. The van der Waals surface area contributed by atoms with Crippen molar-refractivity contribution in [1.29, 1.82) is 0 Å². The van der Waals surface area contributed by atoms with Gasteiger partial charge in [0.25, 0.3) is 5.56 Å². The number of anilines is 1. The number of nitrogens with one attached hydrogen (secondary N) is 1. The zero-order valence-corrected chi connectivity index (χ0v) is 22.1. The van der Waals surface area contributed by atoms with Crippen molar-refractivity contribution in [1.82, 2.24) is 9.55 Å². The third-order valence-electron chi connectivity index (χ3n) is 6.12. The molecule has 0 radical (unpaired) electrons. The predicted octanol–water partition coefficient (Wildman–Crippen LogP) is 4.98. The van der Waals surface area contributed by atoms with Gasteiger partial charge in [-0.05, 0) is 31.4 Å². The highest BCUT2D eigenvalue weighted by atomic mass is 19.1. The molecule has 1 aliphatic rings.